The van der Waals surface area contributed by atoms with E-state index in [9.17, 15) is 5.11 Å². The van der Waals surface area contributed by atoms with Gasteiger partial charge in [-0.2, -0.15) is 0 Å². The van der Waals surface area contributed by atoms with E-state index < -0.39 is 0 Å². The Balaban J connectivity index is 2.05. The number of anilines is 1. The first kappa shape index (κ1) is 12.4. The highest BCUT2D eigenvalue weighted by Gasteiger charge is 2.11. The third-order valence-electron chi connectivity index (χ3n) is 3.42. The summed E-state index contributed by atoms with van der Waals surface area (Å²) in [6.07, 6.45) is 5.50. The van der Waals surface area contributed by atoms with Gasteiger partial charge in [0.1, 0.15) is 0 Å². The Labute approximate surface area is 102 Å². The summed E-state index contributed by atoms with van der Waals surface area (Å²) in [7, 11) is 0. The molecular weight excluding hydrogens is 214 g/mol. The molecule has 0 saturated carbocycles. The van der Waals surface area contributed by atoms with Gasteiger partial charge in [0.05, 0.1) is 12.6 Å². The normalized spacial score (nSPS) is 16.4. The van der Waals surface area contributed by atoms with Crippen LogP contribution in [-0.2, 0) is 12.8 Å². The lowest BCUT2D eigenvalue weighted by Crippen LogP contribution is -2.25. The minimum Gasteiger partial charge on any atom is -0.396 e. The van der Waals surface area contributed by atoms with Gasteiger partial charge in [0.15, 0.2) is 0 Å². The van der Waals surface area contributed by atoms with E-state index in [2.05, 4.69) is 23.5 Å². The second-order valence-electron chi connectivity index (χ2n) is 4.73. The average molecular weight is 235 g/mol. The van der Waals surface area contributed by atoms with Crippen LogP contribution in [0.1, 0.15) is 30.4 Å². The molecule has 1 aliphatic rings. The van der Waals surface area contributed by atoms with E-state index in [0.29, 0.717) is 6.42 Å². The lowest BCUT2D eigenvalue weighted by atomic mass is 9.91. The summed E-state index contributed by atoms with van der Waals surface area (Å²) in [5.41, 5.74) is 3.95. The summed E-state index contributed by atoms with van der Waals surface area (Å²) in [6.45, 7) is 0.154. The summed E-state index contributed by atoms with van der Waals surface area (Å²) in [5, 5.41) is 21.3. The van der Waals surface area contributed by atoms with Crippen LogP contribution < -0.4 is 5.32 Å². The summed E-state index contributed by atoms with van der Waals surface area (Å²) < 4.78 is 0. The van der Waals surface area contributed by atoms with E-state index in [1.807, 2.05) is 0 Å². The molecule has 3 heteroatoms. The first-order valence-electron chi connectivity index (χ1n) is 6.43. The van der Waals surface area contributed by atoms with Gasteiger partial charge in [-0.1, -0.05) is 6.07 Å². The largest absolute Gasteiger partial charge is 0.396 e. The fourth-order valence-corrected chi connectivity index (χ4v) is 2.42. The third kappa shape index (κ3) is 3.20. The van der Waals surface area contributed by atoms with Crippen LogP contribution in [0.5, 0.6) is 0 Å². The van der Waals surface area contributed by atoms with Gasteiger partial charge in [-0.05, 0) is 55.4 Å². The monoisotopic (exact) mass is 235 g/mol. The average Bonchev–Trinajstić information content (AvgIpc) is 2.38. The standard InChI is InChI=1S/C14H21NO2/c16-8-7-14(10-17)15-13-6-5-11-3-1-2-4-12(11)9-13/h5-6,9,14-17H,1-4,7-8,10H2. The zero-order valence-corrected chi connectivity index (χ0v) is 10.2. The molecule has 0 saturated heterocycles. The first-order valence-corrected chi connectivity index (χ1v) is 6.43. The molecule has 0 amide bonds. The molecule has 0 aliphatic heterocycles. The molecule has 17 heavy (non-hydrogen) atoms. The molecule has 94 valence electrons. The summed E-state index contributed by atoms with van der Waals surface area (Å²) in [4.78, 5) is 0. The maximum absolute atomic E-state index is 9.18. The SMILES string of the molecule is OCCC(CO)Nc1ccc2c(c1)CCCC2. The highest BCUT2D eigenvalue weighted by Crippen LogP contribution is 2.24. The number of hydrogen-bond donors (Lipinski definition) is 3. The van der Waals surface area contributed by atoms with Gasteiger partial charge in [0, 0.05) is 12.3 Å². The molecular formula is C14H21NO2. The van der Waals surface area contributed by atoms with Crippen molar-refractivity contribution in [1.29, 1.82) is 0 Å². The Morgan fingerprint density at radius 1 is 1.12 bits per heavy atom. The Morgan fingerprint density at radius 3 is 2.59 bits per heavy atom. The van der Waals surface area contributed by atoms with Crippen molar-refractivity contribution in [2.75, 3.05) is 18.5 Å². The number of rotatable bonds is 5. The lowest BCUT2D eigenvalue weighted by Gasteiger charge is -2.20. The number of nitrogens with one attached hydrogen (secondary N) is 1. The number of benzene rings is 1. The lowest BCUT2D eigenvalue weighted by molar-refractivity contribution is 0.229. The van der Waals surface area contributed by atoms with Crippen LogP contribution in [-0.4, -0.2) is 29.5 Å². The first-order chi connectivity index (χ1) is 8.33. The molecule has 0 bridgehead atoms. The minimum absolute atomic E-state index is 0.0532. The van der Waals surface area contributed by atoms with Crippen LogP contribution in [0, 0.1) is 0 Å². The molecule has 1 aromatic rings. The number of aliphatic hydroxyl groups excluding tert-OH is 2. The Bertz CT molecular complexity index is 365. The van der Waals surface area contributed by atoms with Crippen molar-refractivity contribution in [3.05, 3.63) is 29.3 Å². The predicted molar refractivity (Wildman–Crippen MR) is 69.3 cm³/mol. The Kier molecular flexibility index (Phi) is 4.40. The fourth-order valence-electron chi connectivity index (χ4n) is 2.42. The van der Waals surface area contributed by atoms with Gasteiger partial charge in [-0.25, -0.2) is 0 Å². The number of fused-ring (bicyclic) bond motifs is 1. The second-order valence-corrected chi connectivity index (χ2v) is 4.73. The third-order valence-corrected chi connectivity index (χ3v) is 3.42. The molecule has 0 spiro atoms. The highest BCUT2D eigenvalue weighted by molar-refractivity contribution is 5.50. The second kappa shape index (κ2) is 6.03. The summed E-state index contributed by atoms with van der Waals surface area (Å²) in [6, 6.07) is 6.39. The summed E-state index contributed by atoms with van der Waals surface area (Å²) >= 11 is 0. The van der Waals surface area contributed by atoms with E-state index in [4.69, 9.17) is 5.11 Å². The Morgan fingerprint density at radius 2 is 1.88 bits per heavy atom. The molecule has 3 nitrogen and oxygen atoms in total. The molecule has 0 radical (unpaired) electrons. The Hall–Kier alpha value is -1.06. The molecule has 1 aliphatic carbocycles. The van der Waals surface area contributed by atoms with Crippen molar-refractivity contribution in [3.63, 3.8) is 0 Å². The van der Waals surface area contributed by atoms with Crippen LogP contribution in [0.2, 0.25) is 0 Å². The molecule has 1 atom stereocenters. The van der Waals surface area contributed by atoms with Gasteiger partial charge >= 0.3 is 0 Å². The van der Waals surface area contributed by atoms with Gasteiger partial charge in [-0.3, -0.25) is 0 Å². The van der Waals surface area contributed by atoms with E-state index in [1.165, 1.54) is 30.4 Å². The van der Waals surface area contributed by atoms with Gasteiger partial charge in [0.25, 0.3) is 0 Å². The maximum Gasteiger partial charge on any atom is 0.0633 e. The van der Waals surface area contributed by atoms with Crippen LogP contribution in [0.4, 0.5) is 5.69 Å². The molecule has 3 N–H and O–H groups in total. The van der Waals surface area contributed by atoms with Crippen molar-refractivity contribution in [2.24, 2.45) is 0 Å². The van der Waals surface area contributed by atoms with E-state index in [0.717, 1.165) is 12.1 Å². The van der Waals surface area contributed by atoms with E-state index >= 15 is 0 Å². The maximum atomic E-state index is 9.18. The van der Waals surface area contributed by atoms with Crippen LogP contribution in [0.3, 0.4) is 0 Å². The van der Waals surface area contributed by atoms with Gasteiger partial charge in [-0.15, -0.1) is 0 Å². The predicted octanol–water partition coefficient (Wildman–Crippen LogP) is 1.72. The van der Waals surface area contributed by atoms with Crippen molar-refractivity contribution >= 4 is 5.69 Å². The minimum atomic E-state index is -0.0540. The van der Waals surface area contributed by atoms with Crippen molar-refractivity contribution < 1.29 is 10.2 Å². The van der Waals surface area contributed by atoms with E-state index in [1.54, 1.807) is 0 Å². The fraction of sp³-hybridized carbons (Fsp3) is 0.571. The topological polar surface area (TPSA) is 52.5 Å². The highest BCUT2D eigenvalue weighted by atomic mass is 16.3. The van der Waals surface area contributed by atoms with E-state index in [-0.39, 0.29) is 19.3 Å². The molecule has 2 rings (SSSR count). The summed E-state index contributed by atoms with van der Waals surface area (Å²) in [5.74, 6) is 0. The van der Waals surface area contributed by atoms with Crippen LogP contribution in [0.25, 0.3) is 0 Å². The molecule has 0 heterocycles. The quantitative estimate of drug-likeness (QED) is 0.728. The number of hydrogen-bond acceptors (Lipinski definition) is 3. The molecule has 0 fully saturated rings. The zero-order valence-electron chi connectivity index (χ0n) is 10.2. The van der Waals surface area contributed by atoms with Gasteiger partial charge in [0.2, 0.25) is 0 Å². The van der Waals surface area contributed by atoms with Crippen molar-refractivity contribution in [3.8, 4) is 0 Å². The smallest absolute Gasteiger partial charge is 0.0633 e. The van der Waals surface area contributed by atoms with Gasteiger partial charge < -0.3 is 15.5 Å². The molecule has 1 unspecified atom stereocenters. The number of aliphatic hydroxyl groups is 2. The van der Waals surface area contributed by atoms with Crippen LogP contribution >= 0.6 is 0 Å². The van der Waals surface area contributed by atoms with Crippen molar-refractivity contribution in [1.82, 2.24) is 0 Å². The zero-order chi connectivity index (χ0) is 12.1. The van der Waals surface area contributed by atoms with Crippen molar-refractivity contribution in [2.45, 2.75) is 38.1 Å². The molecule has 1 aromatic carbocycles. The van der Waals surface area contributed by atoms with Crippen LogP contribution in [0.15, 0.2) is 18.2 Å². The molecule has 0 aromatic heterocycles. The number of aryl methyl sites for hydroxylation is 2.